The van der Waals surface area contributed by atoms with Crippen molar-refractivity contribution in [3.8, 4) is 0 Å². The van der Waals surface area contributed by atoms with Crippen LogP contribution in [0.4, 0.5) is 5.69 Å². The summed E-state index contributed by atoms with van der Waals surface area (Å²) in [7, 11) is 1.93. The molecule has 0 saturated heterocycles. The molecule has 1 aromatic carbocycles. The van der Waals surface area contributed by atoms with Crippen molar-refractivity contribution in [2.24, 2.45) is 0 Å². The van der Waals surface area contributed by atoms with Crippen LogP contribution in [0.5, 0.6) is 0 Å². The van der Waals surface area contributed by atoms with Gasteiger partial charge in [0.1, 0.15) is 0 Å². The maximum atomic E-state index is 5.61. The van der Waals surface area contributed by atoms with Crippen molar-refractivity contribution in [3.63, 3.8) is 0 Å². The summed E-state index contributed by atoms with van der Waals surface area (Å²) in [6.45, 7) is 0. The highest BCUT2D eigenvalue weighted by Gasteiger charge is 1.93. The summed E-state index contributed by atoms with van der Waals surface area (Å²) in [4.78, 5) is 0. The summed E-state index contributed by atoms with van der Waals surface area (Å²) in [5, 5.41) is 3.11. The van der Waals surface area contributed by atoms with E-state index in [9.17, 15) is 0 Å². The number of anilines is 1. The van der Waals surface area contributed by atoms with Crippen molar-refractivity contribution in [2.75, 3.05) is 18.2 Å². The Morgan fingerprint density at radius 1 is 1.42 bits per heavy atom. The molecule has 1 rings (SSSR count). The maximum Gasteiger partial charge on any atom is 0.0340 e. The molecule has 66 valence electrons. The number of halogens is 1. The Labute approximate surface area is 78.7 Å². The Bertz CT molecular complexity index is 235. The monoisotopic (exact) mass is 183 g/mol. The van der Waals surface area contributed by atoms with Gasteiger partial charge < -0.3 is 5.32 Å². The number of alkyl halides is 1. The molecule has 2 heteroatoms. The zero-order valence-corrected chi connectivity index (χ0v) is 8.06. The van der Waals surface area contributed by atoms with Crippen LogP contribution in [-0.4, -0.2) is 12.9 Å². The van der Waals surface area contributed by atoms with Crippen LogP contribution in [0.2, 0.25) is 0 Å². The third kappa shape index (κ3) is 2.74. The minimum atomic E-state index is 0.740. The maximum absolute atomic E-state index is 5.61. The van der Waals surface area contributed by atoms with Gasteiger partial charge in [-0.25, -0.2) is 0 Å². The zero-order valence-electron chi connectivity index (χ0n) is 7.31. The molecule has 0 spiro atoms. The summed E-state index contributed by atoms with van der Waals surface area (Å²) in [5.41, 5.74) is 2.52. The molecule has 0 bridgehead atoms. The number of hydrogen-bond donors (Lipinski definition) is 1. The second-order valence-corrected chi connectivity index (χ2v) is 3.12. The Morgan fingerprint density at radius 3 is 2.92 bits per heavy atom. The molecule has 1 N–H and O–H groups in total. The van der Waals surface area contributed by atoms with Crippen molar-refractivity contribution in [2.45, 2.75) is 12.8 Å². The fourth-order valence-electron chi connectivity index (χ4n) is 1.15. The fourth-order valence-corrected chi connectivity index (χ4v) is 1.29. The first kappa shape index (κ1) is 9.40. The quantitative estimate of drug-likeness (QED) is 0.708. The Morgan fingerprint density at radius 2 is 2.25 bits per heavy atom. The van der Waals surface area contributed by atoms with Crippen LogP contribution >= 0.6 is 11.6 Å². The first-order valence-electron chi connectivity index (χ1n) is 4.19. The number of rotatable bonds is 4. The van der Waals surface area contributed by atoms with Gasteiger partial charge in [-0.1, -0.05) is 12.1 Å². The highest BCUT2D eigenvalue weighted by Crippen LogP contribution is 2.11. The topological polar surface area (TPSA) is 12.0 Å². The number of hydrogen-bond acceptors (Lipinski definition) is 1. The average molecular weight is 184 g/mol. The molecular formula is C10H14ClN. The highest BCUT2D eigenvalue weighted by molar-refractivity contribution is 6.17. The first-order chi connectivity index (χ1) is 5.86. The molecule has 1 nitrogen and oxygen atoms in total. The molecule has 0 aliphatic heterocycles. The van der Waals surface area contributed by atoms with Crippen LogP contribution in [0.3, 0.4) is 0 Å². The van der Waals surface area contributed by atoms with E-state index in [4.69, 9.17) is 11.6 Å². The third-order valence-corrected chi connectivity index (χ3v) is 2.08. The highest BCUT2D eigenvalue weighted by atomic mass is 35.5. The minimum absolute atomic E-state index is 0.740. The molecule has 0 heterocycles. The summed E-state index contributed by atoms with van der Waals surface area (Å²) < 4.78 is 0. The Kier molecular flexibility index (Phi) is 3.95. The van der Waals surface area contributed by atoms with Crippen LogP contribution in [0.15, 0.2) is 24.3 Å². The van der Waals surface area contributed by atoms with Crippen LogP contribution < -0.4 is 5.32 Å². The van der Waals surface area contributed by atoms with Gasteiger partial charge in [0.25, 0.3) is 0 Å². The molecule has 12 heavy (non-hydrogen) atoms. The number of aryl methyl sites for hydroxylation is 1. The third-order valence-electron chi connectivity index (χ3n) is 1.81. The molecular weight excluding hydrogens is 170 g/mol. The van der Waals surface area contributed by atoms with Crippen LogP contribution in [0.25, 0.3) is 0 Å². The fraction of sp³-hybridized carbons (Fsp3) is 0.400. The van der Waals surface area contributed by atoms with Gasteiger partial charge in [-0.2, -0.15) is 0 Å². The summed E-state index contributed by atoms with van der Waals surface area (Å²) in [6.07, 6.45) is 2.12. The summed E-state index contributed by atoms with van der Waals surface area (Å²) >= 11 is 5.61. The van der Waals surface area contributed by atoms with E-state index in [0.717, 1.165) is 18.7 Å². The molecule has 0 atom stereocenters. The van der Waals surface area contributed by atoms with E-state index in [0.29, 0.717) is 0 Å². The lowest BCUT2D eigenvalue weighted by atomic mass is 10.1. The normalized spacial score (nSPS) is 9.83. The molecule has 0 unspecified atom stereocenters. The van der Waals surface area contributed by atoms with E-state index >= 15 is 0 Å². The van der Waals surface area contributed by atoms with Crippen molar-refractivity contribution < 1.29 is 0 Å². The average Bonchev–Trinajstić information content (AvgIpc) is 2.15. The van der Waals surface area contributed by atoms with Crippen molar-refractivity contribution in [1.29, 1.82) is 0 Å². The standard InChI is InChI=1S/C10H14ClN/c1-12-10-6-2-4-9(8-10)5-3-7-11/h2,4,6,8,12H,3,5,7H2,1H3. The van der Waals surface area contributed by atoms with Gasteiger partial charge in [0, 0.05) is 18.6 Å². The van der Waals surface area contributed by atoms with Gasteiger partial charge in [0.15, 0.2) is 0 Å². The van der Waals surface area contributed by atoms with Crippen LogP contribution in [0.1, 0.15) is 12.0 Å². The zero-order chi connectivity index (χ0) is 8.81. The predicted octanol–water partition coefficient (Wildman–Crippen LogP) is 2.90. The first-order valence-corrected chi connectivity index (χ1v) is 4.73. The molecule has 0 aliphatic rings. The van der Waals surface area contributed by atoms with E-state index < -0.39 is 0 Å². The van der Waals surface area contributed by atoms with Crippen molar-refractivity contribution >= 4 is 17.3 Å². The van der Waals surface area contributed by atoms with E-state index in [-0.39, 0.29) is 0 Å². The van der Waals surface area contributed by atoms with E-state index in [1.54, 1.807) is 0 Å². The molecule has 0 radical (unpaired) electrons. The molecule has 0 fully saturated rings. The van der Waals surface area contributed by atoms with Gasteiger partial charge in [0.2, 0.25) is 0 Å². The molecule has 0 aromatic heterocycles. The second-order valence-electron chi connectivity index (χ2n) is 2.74. The smallest absolute Gasteiger partial charge is 0.0340 e. The van der Waals surface area contributed by atoms with Gasteiger partial charge in [-0.05, 0) is 30.5 Å². The van der Waals surface area contributed by atoms with Gasteiger partial charge in [-0.15, -0.1) is 11.6 Å². The van der Waals surface area contributed by atoms with Gasteiger partial charge in [0.05, 0.1) is 0 Å². The number of nitrogens with one attached hydrogen (secondary N) is 1. The SMILES string of the molecule is CNc1cccc(CCCCl)c1. The summed E-state index contributed by atoms with van der Waals surface area (Å²) in [6, 6.07) is 8.42. The Hall–Kier alpha value is -0.690. The predicted molar refractivity (Wildman–Crippen MR) is 55.0 cm³/mol. The lowest BCUT2D eigenvalue weighted by Gasteiger charge is -2.02. The van der Waals surface area contributed by atoms with E-state index in [1.807, 2.05) is 7.05 Å². The Balaban J connectivity index is 2.60. The van der Waals surface area contributed by atoms with Crippen molar-refractivity contribution in [1.82, 2.24) is 0 Å². The minimum Gasteiger partial charge on any atom is -0.388 e. The number of benzene rings is 1. The molecule has 0 aliphatic carbocycles. The largest absolute Gasteiger partial charge is 0.388 e. The lowest BCUT2D eigenvalue weighted by molar-refractivity contribution is 0.929. The van der Waals surface area contributed by atoms with E-state index in [2.05, 4.69) is 29.6 Å². The second kappa shape index (κ2) is 5.04. The molecule has 1 aromatic rings. The van der Waals surface area contributed by atoms with Crippen LogP contribution in [-0.2, 0) is 6.42 Å². The van der Waals surface area contributed by atoms with Gasteiger partial charge >= 0.3 is 0 Å². The lowest BCUT2D eigenvalue weighted by Crippen LogP contribution is -1.90. The summed E-state index contributed by atoms with van der Waals surface area (Å²) in [5.74, 6) is 0.740. The molecule has 0 amide bonds. The van der Waals surface area contributed by atoms with E-state index in [1.165, 1.54) is 11.3 Å². The van der Waals surface area contributed by atoms with Crippen molar-refractivity contribution in [3.05, 3.63) is 29.8 Å². The van der Waals surface area contributed by atoms with Gasteiger partial charge in [-0.3, -0.25) is 0 Å². The van der Waals surface area contributed by atoms with Crippen LogP contribution in [0, 0.1) is 0 Å². The molecule has 0 saturated carbocycles.